The molecule has 4 aromatic rings. The number of fused-ring (bicyclic) bond motifs is 1. The number of hydrogen-bond acceptors (Lipinski definition) is 6. The first kappa shape index (κ1) is 21.1. The molecular weight excluding hydrogens is 434 g/mol. The number of nitrogens with zero attached hydrogens (tertiary/aromatic N) is 3. The average Bonchev–Trinajstić information content (AvgIpc) is 3.26. The van der Waals surface area contributed by atoms with E-state index in [0.717, 1.165) is 27.1 Å². The standard InChI is InChI=1S/C23H20ClN3O3S/c1-15-5-10-19(24)22-21(15)26-23(31-22)27(13-16-4-3-11-25-12-16)20(28)14-30-18-8-6-17(29-2)7-9-18/h3-12H,13-14H2,1-2H3. The Labute approximate surface area is 189 Å². The lowest BCUT2D eigenvalue weighted by Gasteiger charge is -2.20. The molecule has 0 atom stereocenters. The van der Waals surface area contributed by atoms with Crippen molar-refractivity contribution in [1.29, 1.82) is 0 Å². The summed E-state index contributed by atoms with van der Waals surface area (Å²) >= 11 is 7.76. The maximum Gasteiger partial charge on any atom is 0.267 e. The highest BCUT2D eigenvalue weighted by molar-refractivity contribution is 7.23. The Balaban J connectivity index is 1.61. The Morgan fingerprint density at radius 1 is 1.13 bits per heavy atom. The van der Waals surface area contributed by atoms with Gasteiger partial charge in [-0.15, -0.1) is 0 Å². The van der Waals surface area contributed by atoms with Crippen LogP contribution in [0, 0.1) is 6.92 Å². The van der Waals surface area contributed by atoms with Crippen LogP contribution in [0.4, 0.5) is 5.13 Å². The van der Waals surface area contributed by atoms with Crippen molar-refractivity contribution in [2.24, 2.45) is 0 Å². The van der Waals surface area contributed by atoms with Crippen LogP contribution in [-0.4, -0.2) is 29.6 Å². The first-order valence-electron chi connectivity index (χ1n) is 9.57. The van der Waals surface area contributed by atoms with Crippen LogP contribution >= 0.6 is 22.9 Å². The molecule has 2 heterocycles. The van der Waals surface area contributed by atoms with E-state index in [4.69, 9.17) is 26.1 Å². The Bertz CT molecular complexity index is 1160. The lowest BCUT2D eigenvalue weighted by Crippen LogP contribution is -2.34. The molecule has 0 aliphatic heterocycles. The van der Waals surface area contributed by atoms with E-state index in [1.165, 1.54) is 11.3 Å². The molecule has 0 aliphatic rings. The molecule has 0 spiro atoms. The number of carbonyl (C=O) groups excluding carboxylic acids is 1. The van der Waals surface area contributed by atoms with Crippen molar-refractivity contribution in [3.05, 3.63) is 77.1 Å². The van der Waals surface area contributed by atoms with Gasteiger partial charge >= 0.3 is 0 Å². The third-order valence-electron chi connectivity index (χ3n) is 4.70. The second kappa shape index (κ2) is 9.32. The zero-order valence-corrected chi connectivity index (χ0v) is 18.6. The van der Waals surface area contributed by atoms with Gasteiger partial charge in [-0.05, 0) is 54.4 Å². The van der Waals surface area contributed by atoms with Crippen LogP contribution in [0.1, 0.15) is 11.1 Å². The third-order valence-corrected chi connectivity index (χ3v) is 6.24. The van der Waals surface area contributed by atoms with Gasteiger partial charge in [-0.25, -0.2) is 4.98 Å². The summed E-state index contributed by atoms with van der Waals surface area (Å²) in [4.78, 5) is 23.7. The molecule has 2 aromatic heterocycles. The summed E-state index contributed by atoms with van der Waals surface area (Å²) in [6.07, 6.45) is 3.43. The number of anilines is 1. The molecular formula is C23H20ClN3O3S. The largest absolute Gasteiger partial charge is 0.497 e. The van der Waals surface area contributed by atoms with E-state index >= 15 is 0 Å². The van der Waals surface area contributed by atoms with E-state index in [1.54, 1.807) is 48.7 Å². The number of amides is 1. The normalized spacial score (nSPS) is 10.8. The first-order chi connectivity index (χ1) is 15.0. The predicted octanol–water partition coefficient (Wildman–Crippen LogP) is 5.27. The van der Waals surface area contributed by atoms with Crippen LogP contribution in [-0.2, 0) is 11.3 Å². The van der Waals surface area contributed by atoms with Crippen molar-refractivity contribution < 1.29 is 14.3 Å². The van der Waals surface area contributed by atoms with Crippen molar-refractivity contribution in [3.63, 3.8) is 0 Å². The summed E-state index contributed by atoms with van der Waals surface area (Å²) in [5, 5.41) is 1.19. The van der Waals surface area contributed by atoms with E-state index < -0.39 is 0 Å². The third kappa shape index (κ3) is 4.78. The molecule has 8 heteroatoms. The summed E-state index contributed by atoms with van der Waals surface area (Å²) in [6, 6.07) is 14.6. The van der Waals surface area contributed by atoms with Gasteiger partial charge in [0.1, 0.15) is 11.5 Å². The van der Waals surface area contributed by atoms with Crippen molar-refractivity contribution in [2.45, 2.75) is 13.5 Å². The van der Waals surface area contributed by atoms with Crippen LogP contribution in [0.25, 0.3) is 10.2 Å². The summed E-state index contributed by atoms with van der Waals surface area (Å²) in [7, 11) is 1.60. The molecule has 0 saturated heterocycles. The zero-order valence-electron chi connectivity index (χ0n) is 17.0. The number of thiazole rings is 1. The predicted molar refractivity (Wildman–Crippen MR) is 123 cm³/mol. The quantitative estimate of drug-likeness (QED) is 0.381. The van der Waals surface area contributed by atoms with Gasteiger partial charge in [-0.3, -0.25) is 14.7 Å². The first-order valence-corrected chi connectivity index (χ1v) is 10.8. The second-order valence-electron chi connectivity index (χ2n) is 6.84. The molecule has 0 radical (unpaired) electrons. The van der Waals surface area contributed by atoms with E-state index in [-0.39, 0.29) is 12.5 Å². The van der Waals surface area contributed by atoms with Gasteiger partial charge < -0.3 is 9.47 Å². The number of hydrogen-bond donors (Lipinski definition) is 0. The van der Waals surface area contributed by atoms with Gasteiger partial charge in [0.15, 0.2) is 11.7 Å². The van der Waals surface area contributed by atoms with Gasteiger partial charge in [0.25, 0.3) is 5.91 Å². The van der Waals surface area contributed by atoms with Crippen LogP contribution in [0.5, 0.6) is 11.5 Å². The smallest absolute Gasteiger partial charge is 0.267 e. The molecule has 0 saturated carbocycles. The Morgan fingerprint density at radius 3 is 2.58 bits per heavy atom. The van der Waals surface area contributed by atoms with Gasteiger partial charge in [0.05, 0.1) is 28.9 Å². The molecule has 0 fully saturated rings. The van der Waals surface area contributed by atoms with Gasteiger partial charge in [-0.2, -0.15) is 0 Å². The fourth-order valence-corrected chi connectivity index (χ4v) is 4.37. The average molecular weight is 454 g/mol. The van der Waals surface area contributed by atoms with Crippen molar-refractivity contribution in [1.82, 2.24) is 9.97 Å². The number of pyridine rings is 1. The number of rotatable bonds is 7. The Kier molecular flexibility index (Phi) is 6.34. The fourth-order valence-electron chi connectivity index (χ4n) is 3.04. The Hall–Kier alpha value is -3.16. The molecule has 158 valence electrons. The maximum absolute atomic E-state index is 13.2. The summed E-state index contributed by atoms with van der Waals surface area (Å²) in [5.41, 5.74) is 2.69. The highest BCUT2D eigenvalue weighted by atomic mass is 35.5. The molecule has 0 N–H and O–H groups in total. The monoisotopic (exact) mass is 453 g/mol. The van der Waals surface area contributed by atoms with E-state index in [1.807, 2.05) is 31.2 Å². The van der Waals surface area contributed by atoms with Crippen LogP contribution in [0.15, 0.2) is 60.9 Å². The highest BCUT2D eigenvalue weighted by Gasteiger charge is 2.22. The molecule has 2 aromatic carbocycles. The summed E-state index contributed by atoms with van der Waals surface area (Å²) in [5.74, 6) is 1.09. The van der Waals surface area contributed by atoms with Crippen molar-refractivity contribution >= 4 is 44.2 Å². The van der Waals surface area contributed by atoms with E-state index in [0.29, 0.717) is 22.4 Å². The van der Waals surface area contributed by atoms with Gasteiger partial charge in [0, 0.05) is 12.4 Å². The molecule has 31 heavy (non-hydrogen) atoms. The Morgan fingerprint density at radius 2 is 1.90 bits per heavy atom. The number of halogens is 1. The topological polar surface area (TPSA) is 64.6 Å². The van der Waals surface area contributed by atoms with E-state index in [2.05, 4.69) is 4.98 Å². The van der Waals surface area contributed by atoms with Crippen LogP contribution in [0.2, 0.25) is 5.02 Å². The molecule has 4 rings (SSSR count). The van der Waals surface area contributed by atoms with Gasteiger partial charge in [0.2, 0.25) is 0 Å². The summed E-state index contributed by atoms with van der Waals surface area (Å²) in [6.45, 7) is 2.17. The van der Waals surface area contributed by atoms with E-state index in [9.17, 15) is 4.79 Å². The highest BCUT2D eigenvalue weighted by Crippen LogP contribution is 2.36. The molecule has 0 bridgehead atoms. The molecule has 1 amide bonds. The second-order valence-corrected chi connectivity index (χ2v) is 8.23. The summed E-state index contributed by atoms with van der Waals surface area (Å²) < 4.78 is 11.7. The molecule has 0 aliphatic carbocycles. The molecule has 0 unspecified atom stereocenters. The minimum absolute atomic E-state index is 0.130. The van der Waals surface area contributed by atoms with Gasteiger partial charge in [-0.1, -0.05) is 35.1 Å². The lowest BCUT2D eigenvalue weighted by atomic mass is 10.2. The number of ether oxygens (including phenoxy) is 2. The molecule has 6 nitrogen and oxygen atoms in total. The number of benzene rings is 2. The van der Waals surface area contributed by atoms with Crippen LogP contribution in [0.3, 0.4) is 0 Å². The van der Waals surface area contributed by atoms with Crippen molar-refractivity contribution in [3.8, 4) is 11.5 Å². The lowest BCUT2D eigenvalue weighted by molar-refractivity contribution is -0.120. The zero-order chi connectivity index (χ0) is 21.8. The van der Waals surface area contributed by atoms with Crippen molar-refractivity contribution in [2.75, 3.05) is 18.6 Å². The minimum Gasteiger partial charge on any atom is -0.497 e. The SMILES string of the molecule is COc1ccc(OCC(=O)N(Cc2cccnc2)c2nc3c(C)ccc(Cl)c3s2)cc1. The number of aryl methyl sites for hydroxylation is 1. The number of methoxy groups -OCH3 is 1. The maximum atomic E-state index is 13.2. The number of carbonyl (C=O) groups is 1. The number of aromatic nitrogens is 2. The van der Waals surface area contributed by atoms with Crippen LogP contribution < -0.4 is 14.4 Å². The fraction of sp³-hybridized carbons (Fsp3) is 0.174. The minimum atomic E-state index is -0.215.